The Balaban J connectivity index is 0.00000961. The molecule has 0 fully saturated rings. The molecule has 1 unspecified atom stereocenters. The van der Waals surface area contributed by atoms with E-state index in [1.54, 1.807) is 20.8 Å². The predicted molar refractivity (Wildman–Crippen MR) is 127 cm³/mol. The summed E-state index contributed by atoms with van der Waals surface area (Å²) >= 11 is 0. The van der Waals surface area contributed by atoms with Gasteiger partial charge in [0, 0.05) is 19.6 Å². The number of rotatable bonds is 9. The normalized spacial score (nSPS) is 12.9. The Labute approximate surface area is 203 Å². The van der Waals surface area contributed by atoms with Gasteiger partial charge in [-0.05, 0) is 45.9 Å². The van der Waals surface area contributed by atoms with E-state index in [4.69, 9.17) is 9.47 Å². The zero-order chi connectivity index (χ0) is 23.5. The Hall–Kier alpha value is -1.96. The summed E-state index contributed by atoms with van der Waals surface area (Å²) in [6.45, 7) is 8.14. The summed E-state index contributed by atoms with van der Waals surface area (Å²) in [5.41, 5.74) is -1.41. The maximum absolute atomic E-state index is 12.7. The monoisotopic (exact) mass is 576 g/mol. The van der Waals surface area contributed by atoms with Crippen molar-refractivity contribution in [1.82, 2.24) is 16.0 Å². The molecular formula is C20H32F3IN4O4. The van der Waals surface area contributed by atoms with Crippen molar-refractivity contribution in [2.24, 2.45) is 4.99 Å². The number of aliphatic imine (C=N–C) groups is 1. The number of hydrogen-bond acceptors (Lipinski definition) is 5. The number of benzene rings is 1. The summed E-state index contributed by atoms with van der Waals surface area (Å²) in [6, 6.07) is 4.44. The quantitative estimate of drug-likeness (QED) is 0.156. The first-order chi connectivity index (χ1) is 14.4. The van der Waals surface area contributed by atoms with Gasteiger partial charge in [-0.15, -0.1) is 24.0 Å². The Kier molecular flexibility index (Phi) is 13.4. The smallest absolute Gasteiger partial charge is 0.416 e. The van der Waals surface area contributed by atoms with Gasteiger partial charge in [0.2, 0.25) is 0 Å². The van der Waals surface area contributed by atoms with Crippen LogP contribution in [0.25, 0.3) is 0 Å². The molecule has 0 saturated heterocycles. The number of halogens is 4. The lowest BCUT2D eigenvalue weighted by atomic mass is 10.2. The van der Waals surface area contributed by atoms with E-state index in [9.17, 15) is 23.1 Å². The predicted octanol–water partition coefficient (Wildman–Crippen LogP) is 3.14. The van der Waals surface area contributed by atoms with Crippen LogP contribution in [0.1, 0.15) is 33.3 Å². The molecule has 0 radical (unpaired) electrons. The third-order valence-corrected chi connectivity index (χ3v) is 3.49. The van der Waals surface area contributed by atoms with Crippen molar-refractivity contribution >= 4 is 36.0 Å². The largest absolute Gasteiger partial charge is 0.491 e. The zero-order valence-electron chi connectivity index (χ0n) is 18.6. The van der Waals surface area contributed by atoms with Gasteiger partial charge >= 0.3 is 12.3 Å². The van der Waals surface area contributed by atoms with Crippen LogP contribution in [-0.4, -0.2) is 61.7 Å². The van der Waals surface area contributed by atoms with Crippen molar-refractivity contribution in [3.05, 3.63) is 29.8 Å². The number of carbonyl (C=O) groups is 1. The second kappa shape index (κ2) is 14.2. The summed E-state index contributed by atoms with van der Waals surface area (Å²) in [6.07, 6.45) is -6.02. The molecular weight excluding hydrogens is 544 g/mol. The second-order valence-electron chi connectivity index (χ2n) is 7.57. The molecule has 0 heterocycles. The molecule has 0 aliphatic heterocycles. The molecule has 0 aliphatic carbocycles. The first-order valence-corrected chi connectivity index (χ1v) is 9.88. The maximum Gasteiger partial charge on any atom is 0.416 e. The van der Waals surface area contributed by atoms with Crippen molar-refractivity contribution in [1.29, 1.82) is 0 Å². The second-order valence-corrected chi connectivity index (χ2v) is 7.57. The third-order valence-electron chi connectivity index (χ3n) is 3.49. The highest BCUT2D eigenvalue weighted by Crippen LogP contribution is 2.31. The summed E-state index contributed by atoms with van der Waals surface area (Å²) in [7, 11) is 0. The number of nitrogens with zero attached hydrogens (tertiary/aromatic N) is 1. The molecule has 0 saturated carbocycles. The fraction of sp³-hybridized carbons (Fsp3) is 0.600. The number of ether oxygens (including phenoxy) is 2. The minimum Gasteiger partial charge on any atom is -0.491 e. The van der Waals surface area contributed by atoms with Gasteiger partial charge in [0.05, 0.1) is 12.1 Å². The SMILES string of the molecule is CCNC(=NCC(O)COc1cccc(C(F)(F)F)c1)NCCNC(=O)OC(C)(C)C.I. The van der Waals surface area contributed by atoms with E-state index in [0.29, 0.717) is 25.6 Å². The van der Waals surface area contributed by atoms with E-state index in [0.717, 1.165) is 12.1 Å². The molecule has 1 aromatic rings. The van der Waals surface area contributed by atoms with E-state index < -0.39 is 29.5 Å². The van der Waals surface area contributed by atoms with Crippen LogP contribution in [0, 0.1) is 0 Å². The third kappa shape index (κ3) is 13.5. The van der Waals surface area contributed by atoms with Crippen molar-refractivity contribution in [3.8, 4) is 5.75 Å². The van der Waals surface area contributed by atoms with Crippen LogP contribution in [0.4, 0.5) is 18.0 Å². The first-order valence-electron chi connectivity index (χ1n) is 9.88. The summed E-state index contributed by atoms with van der Waals surface area (Å²) in [5.74, 6) is 0.419. The summed E-state index contributed by atoms with van der Waals surface area (Å²) in [5, 5.41) is 18.6. The van der Waals surface area contributed by atoms with Gasteiger partial charge in [0.1, 0.15) is 24.1 Å². The van der Waals surface area contributed by atoms with Crippen molar-refractivity contribution in [3.63, 3.8) is 0 Å². The topological polar surface area (TPSA) is 104 Å². The van der Waals surface area contributed by atoms with Crippen LogP contribution in [0.15, 0.2) is 29.3 Å². The van der Waals surface area contributed by atoms with E-state index in [2.05, 4.69) is 20.9 Å². The van der Waals surface area contributed by atoms with Gasteiger partial charge in [0.25, 0.3) is 0 Å². The number of guanidine groups is 1. The number of aliphatic hydroxyl groups is 1. The number of alkyl carbamates (subject to hydrolysis) is 1. The minimum atomic E-state index is -4.47. The molecule has 1 rings (SSSR count). The highest BCUT2D eigenvalue weighted by molar-refractivity contribution is 14.0. The van der Waals surface area contributed by atoms with Crippen LogP contribution in [-0.2, 0) is 10.9 Å². The van der Waals surface area contributed by atoms with Crippen LogP contribution in [0.3, 0.4) is 0 Å². The standard InChI is InChI=1S/C20H31F3N4O4.HI/c1-5-24-17(25-9-10-26-18(29)31-19(2,3)4)27-12-15(28)13-30-16-8-6-7-14(11-16)20(21,22)23;/h6-8,11,15,28H,5,9-10,12-13H2,1-4H3,(H,26,29)(H2,24,25,27);1H. The molecule has 184 valence electrons. The van der Waals surface area contributed by atoms with Gasteiger partial charge < -0.3 is 30.5 Å². The lowest BCUT2D eigenvalue weighted by molar-refractivity contribution is -0.137. The van der Waals surface area contributed by atoms with E-state index in [1.165, 1.54) is 12.1 Å². The fourth-order valence-corrected chi connectivity index (χ4v) is 2.21. The van der Waals surface area contributed by atoms with Crippen molar-refractivity contribution in [2.45, 2.75) is 45.6 Å². The molecule has 0 aromatic heterocycles. The van der Waals surface area contributed by atoms with Gasteiger partial charge in [-0.1, -0.05) is 6.07 Å². The Morgan fingerprint density at radius 2 is 1.81 bits per heavy atom. The first kappa shape index (κ1) is 30.0. The lowest BCUT2D eigenvalue weighted by Gasteiger charge is -2.20. The van der Waals surface area contributed by atoms with Crippen LogP contribution >= 0.6 is 24.0 Å². The summed E-state index contributed by atoms with van der Waals surface area (Å²) in [4.78, 5) is 15.8. The summed E-state index contributed by atoms with van der Waals surface area (Å²) < 4.78 is 48.5. The number of carbonyl (C=O) groups excluding carboxylic acids is 1. The van der Waals surface area contributed by atoms with Gasteiger partial charge in [-0.25, -0.2) is 4.79 Å². The lowest BCUT2D eigenvalue weighted by Crippen LogP contribution is -2.43. The average Bonchev–Trinajstić information content (AvgIpc) is 2.66. The highest BCUT2D eigenvalue weighted by atomic mass is 127. The van der Waals surface area contributed by atoms with Crippen molar-refractivity contribution < 1.29 is 32.5 Å². The van der Waals surface area contributed by atoms with E-state index >= 15 is 0 Å². The van der Waals surface area contributed by atoms with Crippen molar-refractivity contribution in [2.75, 3.05) is 32.8 Å². The molecule has 1 atom stereocenters. The Bertz CT molecular complexity index is 728. The number of alkyl halides is 3. The number of amides is 1. The molecule has 12 heteroatoms. The van der Waals surface area contributed by atoms with Crippen LogP contribution in [0.5, 0.6) is 5.75 Å². The number of aliphatic hydroxyl groups excluding tert-OH is 1. The highest BCUT2D eigenvalue weighted by Gasteiger charge is 2.30. The van der Waals surface area contributed by atoms with Gasteiger partial charge in [-0.3, -0.25) is 4.99 Å². The molecule has 0 bridgehead atoms. The number of hydrogen-bond donors (Lipinski definition) is 4. The molecule has 0 aliphatic rings. The molecule has 32 heavy (non-hydrogen) atoms. The van der Waals surface area contributed by atoms with E-state index in [1.807, 2.05) is 6.92 Å². The van der Waals surface area contributed by atoms with Crippen LogP contribution in [0.2, 0.25) is 0 Å². The molecule has 1 amide bonds. The Morgan fingerprint density at radius 3 is 2.41 bits per heavy atom. The minimum absolute atomic E-state index is 0. The van der Waals surface area contributed by atoms with E-state index in [-0.39, 0.29) is 42.9 Å². The fourth-order valence-electron chi connectivity index (χ4n) is 2.21. The number of nitrogens with one attached hydrogen (secondary N) is 3. The Morgan fingerprint density at radius 1 is 1.16 bits per heavy atom. The van der Waals surface area contributed by atoms with Gasteiger partial charge in [-0.2, -0.15) is 13.2 Å². The zero-order valence-corrected chi connectivity index (χ0v) is 20.9. The maximum atomic E-state index is 12.7. The molecule has 0 spiro atoms. The van der Waals surface area contributed by atoms with Gasteiger partial charge in [0.15, 0.2) is 5.96 Å². The molecule has 4 N–H and O–H groups in total. The average molecular weight is 576 g/mol. The molecule has 8 nitrogen and oxygen atoms in total. The molecule has 1 aromatic carbocycles. The van der Waals surface area contributed by atoms with Crippen LogP contribution < -0.4 is 20.7 Å².